The number of aromatic nitrogens is 2. The van der Waals surface area contributed by atoms with Crippen LogP contribution in [0.2, 0.25) is 0 Å². The Hall–Kier alpha value is -3.27. The monoisotopic (exact) mass is 545 g/mol. The van der Waals surface area contributed by atoms with Crippen LogP contribution in [0.5, 0.6) is 0 Å². The van der Waals surface area contributed by atoms with E-state index in [0.29, 0.717) is 42.4 Å². The number of sulfonamides is 1. The molecule has 0 spiro atoms. The van der Waals surface area contributed by atoms with Crippen molar-refractivity contribution >= 4 is 43.5 Å². The fraction of sp³-hybridized carbons (Fsp3) is 0.400. The molecular formula is C30H35N5O3S. The summed E-state index contributed by atoms with van der Waals surface area (Å²) in [5, 5.41) is 6.26. The van der Waals surface area contributed by atoms with Crippen LogP contribution in [0.4, 0.5) is 11.8 Å². The normalized spacial score (nSPS) is 20.4. The third kappa shape index (κ3) is 5.85. The molecule has 0 amide bonds. The lowest BCUT2D eigenvalue weighted by Crippen LogP contribution is -2.37. The molecule has 1 aliphatic carbocycles. The van der Waals surface area contributed by atoms with Crippen LogP contribution < -0.4 is 14.9 Å². The molecule has 0 unspecified atom stereocenters. The van der Waals surface area contributed by atoms with Gasteiger partial charge >= 0.3 is 0 Å². The van der Waals surface area contributed by atoms with E-state index in [1.54, 1.807) is 12.1 Å². The third-order valence-electron chi connectivity index (χ3n) is 8.01. The molecule has 1 aromatic heterocycles. The average Bonchev–Trinajstić information content (AvgIpc) is 2.99. The van der Waals surface area contributed by atoms with E-state index in [1.807, 2.05) is 48.5 Å². The molecule has 0 bridgehead atoms. The Balaban J connectivity index is 1.04. The number of anilines is 2. The summed E-state index contributed by atoms with van der Waals surface area (Å²) in [5.74, 6) is 2.49. The molecule has 2 fully saturated rings. The molecule has 8 nitrogen and oxygen atoms in total. The van der Waals surface area contributed by atoms with Crippen LogP contribution in [0, 0.1) is 11.8 Å². The first-order valence-electron chi connectivity index (χ1n) is 13.9. The number of morpholine rings is 1. The van der Waals surface area contributed by atoms with E-state index in [2.05, 4.69) is 21.0 Å². The van der Waals surface area contributed by atoms with Crippen molar-refractivity contribution in [2.45, 2.75) is 30.6 Å². The Morgan fingerprint density at radius 2 is 1.46 bits per heavy atom. The quantitative estimate of drug-likeness (QED) is 0.328. The second-order valence-corrected chi connectivity index (χ2v) is 12.3. The topological polar surface area (TPSA) is 96.5 Å². The number of hydrogen-bond acceptors (Lipinski definition) is 7. The van der Waals surface area contributed by atoms with E-state index in [1.165, 1.54) is 0 Å². The summed E-state index contributed by atoms with van der Waals surface area (Å²) in [6.45, 7) is 4.37. The van der Waals surface area contributed by atoms with Gasteiger partial charge in [0, 0.05) is 37.0 Å². The van der Waals surface area contributed by atoms with Gasteiger partial charge in [0.1, 0.15) is 5.82 Å². The molecule has 3 aromatic carbocycles. The van der Waals surface area contributed by atoms with Crippen LogP contribution in [-0.2, 0) is 14.8 Å². The molecule has 2 heterocycles. The SMILES string of the molecule is O=S(=O)(NCC1CCC(CNc2nc(N3CCOCC3)c3ccccc3n2)CC1)c1cccc2ccccc12. The number of fused-ring (bicyclic) bond motifs is 2. The highest BCUT2D eigenvalue weighted by Crippen LogP contribution is 2.30. The lowest BCUT2D eigenvalue weighted by atomic mass is 9.82. The Kier molecular flexibility index (Phi) is 7.63. The first-order chi connectivity index (χ1) is 19.1. The molecule has 2 aliphatic rings. The summed E-state index contributed by atoms with van der Waals surface area (Å²) >= 11 is 0. The Bertz CT molecular complexity index is 1540. The van der Waals surface area contributed by atoms with Crippen molar-refractivity contribution < 1.29 is 13.2 Å². The summed E-state index contributed by atoms with van der Waals surface area (Å²) in [6.07, 6.45) is 4.11. The molecular weight excluding hydrogens is 510 g/mol. The molecule has 1 aliphatic heterocycles. The zero-order valence-electron chi connectivity index (χ0n) is 22.1. The minimum absolute atomic E-state index is 0.343. The van der Waals surface area contributed by atoms with Crippen LogP contribution in [-0.4, -0.2) is 57.8 Å². The second kappa shape index (κ2) is 11.5. The van der Waals surface area contributed by atoms with Crippen LogP contribution in [0.1, 0.15) is 25.7 Å². The highest BCUT2D eigenvalue weighted by molar-refractivity contribution is 7.89. The molecule has 1 saturated heterocycles. The van der Waals surface area contributed by atoms with Gasteiger partial charge in [0.15, 0.2) is 0 Å². The minimum Gasteiger partial charge on any atom is -0.378 e. The maximum Gasteiger partial charge on any atom is 0.241 e. The van der Waals surface area contributed by atoms with Gasteiger partial charge in [0.05, 0.1) is 23.6 Å². The van der Waals surface area contributed by atoms with Crippen LogP contribution >= 0.6 is 0 Å². The predicted octanol–water partition coefficient (Wildman–Crippen LogP) is 4.82. The Morgan fingerprint density at radius 3 is 2.26 bits per heavy atom. The third-order valence-corrected chi connectivity index (χ3v) is 9.49. The van der Waals surface area contributed by atoms with E-state index < -0.39 is 10.0 Å². The molecule has 204 valence electrons. The summed E-state index contributed by atoms with van der Waals surface area (Å²) in [7, 11) is -3.57. The van der Waals surface area contributed by atoms with Gasteiger partial charge < -0.3 is 15.0 Å². The van der Waals surface area contributed by atoms with Crippen LogP contribution in [0.3, 0.4) is 0 Å². The maximum atomic E-state index is 13.1. The largest absolute Gasteiger partial charge is 0.378 e. The van der Waals surface area contributed by atoms with Gasteiger partial charge in [-0.15, -0.1) is 0 Å². The highest BCUT2D eigenvalue weighted by Gasteiger charge is 2.25. The molecule has 9 heteroatoms. The van der Waals surface area contributed by atoms with E-state index in [9.17, 15) is 8.42 Å². The number of nitrogens with zero attached hydrogens (tertiary/aromatic N) is 3. The van der Waals surface area contributed by atoms with Gasteiger partial charge in [-0.2, -0.15) is 4.98 Å². The summed E-state index contributed by atoms with van der Waals surface area (Å²) in [5.41, 5.74) is 0.943. The minimum atomic E-state index is -3.57. The average molecular weight is 546 g/mol. The summed E-state index contributed by atoms with van der Waals surface area (Å²) in [4.78, 5) is 12.3. The second-order valence-electron chi connectivity index (χ2n) is 10.6. The number of para-hydroxylation sites is 1. The number of nitrogens with one attached hydrogen (secondary N) is 2. The van der Waals surface area contributed by atoms with E-state index in [4.69, 9.17) is 14.7 Å². The standard InChI is InChI=1S/C30H35N5O3S/c36-39(37,28-11-5-7-24-6-1-2-8-25(24)28)32-21-23-14-12-22(13-15-23)20-31-30-33-27-10-4-3-9-26(27)29(34-30)35-16-18-38-19-17-35/h1-11,22-23,32H,12-21H2,(H,31,33,34). The van der Waals surface area contributed by atoms with Gasteiger partial charge in [-0.05, 0) is 61.1 Å². The number of rotatable bonds is 8. The number of ether oxygens (including phenoxy) is 1. The van der Waals surface area contributed by atoms with Gasteiger partial charge in [-0.25, -0.2) is 18.1 Å². The van der Waals surface area contributed by atoms with Crippen molar-refractivity contribution in [3.8, 4) is 0 Å². The molecule has 6 rings (SSSR count). The van der Waals surface area contributed by atoms with Gasteiger partial charge in [-0.3, -0.25) is 0 Å². The van der Waals surface area contributed by atoms with Crippen LogP contribution in [0.15, 0.2) is 71.6 Å². The highest BCUT2D eigenvalue weighted by atomic mass is 32.2. The zero-order valence-corrected chi connectivity index (χ0v) is 22.9. The fourth-order valence-electron chi connectivity index (χ4n) is 5.77. The molecule has 4 aromatic rings. The van der Waals surface area contributed by atoms with Gasteiger partial charge in [0.2, 0.25) is 16.0 Å². The van der Waals surface area contributed by atoms with Crippen molar-refractivity contribution in [2.24, 2.45) is 11.8 Å². The van der Waals surface area contributed by atoms with E-state index in [-0.39, 0.29) is 0 Å². The van der Waals surface area contributed by atoms with Crippen molar-refractivity contribution in [1.82, 2.24) is 14.7 Å². The first-order valence-corrected chi connectivity index (χ1v) is 15.4. The molecule has 1 saturated carbocycles. The van der Waals surface area contributed by atoms with Gasteiger partial charge in [-0.1, -0.05) is 48.5 Å². The molecule has 39 heavy (non-hydrogen) atoms. The molecule has 0 atom stereocenters. The Labute approximate surface area is 229 Å². The van der Waals surface area contributed by atoms with Crippen molar-refractivity contribution in [3.63, 3.8) is 0 Å². The smallest absolute Gasteiger partial charge is 0.241 e. The summed E-state index contributed by atoms with van der Waals surface area (Å²) < 4.78 is 34.6. The number of benzene rings is 3. The lowest BCUT2D eigenvalue weighted by Gasteiger charge is -2.30. The van der Waals surface area contributed by atoms with E-state index in [0.717, 1.165) is 72.8 Å². The van der Waals surface area contributed by atoms with Crippen molar-refractivity contribution in [3.05, 3.63) is 66.7 Å². The first kappa shape index (κ1) is 26.0. The Morgan fingerprint density at radius 1 is 0.795 bits per heavy atom. The van der Waals surface area contributed by atoms with Gasteiger partial charge in [0.25, 0.3) is 0 Å². The summed E-state index contributed by atoms with van der Waals surface area (Å²) in [6, 6.07) is 21.2. The predicted molar refractivity (Wildman–Crippen MR) is 156 cm³/mol. The van der Waals surface area contributed by atoms with Crippen molar-refractivity contribution in [2.75, 3.05) is 49.6 Å². The molecule has 2 N–H and O–H groups in total. The lowest BCUT2D eigenvalue weighted by molar-refractivity contribution is 0.122. The number of hydrogen-bond donors (Lipinski definition) is 2. The zero-order chi connectivity index (χ0) is 26.7. The van der Waals surface area contributed by atoms with Crippen molar-refractivity contribution in [1.29, 1.82) is 0 Å². The van der Waals surface area contributed by atoms with E-state index >= 15 is 0 Å². The maximum absolute atomic E-state index is 13.1. The van der Waals surface area contributed by atoms with Crippen LogP contribution in [0.25, 0.3) is 21.7 Å². The molecule has 0 radical (unpaired) electrons. The fourth-order valence-corrected chi connectivity index (χ4v) is 7.11.